The Balaban J connectivity index is 3.62. The molecular formula is C7H8NO6P. The predicted octanol–water partition coefficient (Wildman–Crippen LogP) is -0.524. The van der Waals surface area contributed by atoms with Crippen molar-refractivity contribution in [1.82, 2.24) is 0 Å². The standard InChI is InChI=1S/C7H8NO6P/c8-3-1-2-4(15(12,13)14)5(6(3)9)7(10)11/h1-2,9H,8H2,(H,10,11)(H2,12,13,14). The van der Waals surface area contributed by atoms with Gasteiger partial charge in [0.25, 0.3) is 0 Å². The van der Waals surface area contributed by atoms with Gasteiger partial charge in [-0.1, -0.05) is 0 Å². The SMILES string of the molecule is Nc1ccc(P(=O)(O)O)c(C(=O)O)c1O. The van der Waals surface area contributed by atoms with Gasteiger partial charge in [0.1, 0.15) is 5.56 Å². The first-order valence-electron chi connectivity index (χ1n) is 3.66. The zero-order valence-corrected chi connectivity index (χ0v) is 8.18. The number of hydrogen-bond donors (Lipinski definition) is 5. The number of nitrogen functional groups attached to an aromatic ring is 1. The predicted molar refractivity (Wildman–Crippen MR) is 51.2 cm³/mol. The second kappa shape index (κ2) is 3.54. The van der Waals surface area contributed by atoms with Gasteiger partial charge in [0, 0.05) is 0 Å². The van der Waals surface area contributed by atoms with E-state index in [4.69, 9.17) is 20.6 Å². The average Bonchev–Trinajstić information content (AvgIpc) is 2.06. The van der Waals surface area contributed by atoms with Crippen molar-refractivity contribution >= 4 is 24.6 Å². The van der Waals surface area contributed by atoms with E-state index >= 15 is 0 Å². The molecule has 0 atom stereocenters. The van der Waals surface area contributed by atoms with Crippen LogP contribution in [-0.2, 0) is 4.57 Å². The van der Waals surface area contributed by atoms with Crippen LogP contribution >= 0.6 is 7.60 Å². The van der Waals surface area contributed by atoms with E-state index in [-0.39, 0.29) is 5.69 Å². The highest BCUT2D eigenvalue weighted by atomic mass is 31.2. The summed E-state index contributed by atoms with van der Waals surface area (Å²) in [6.45, 7) is 0. The Morgan fingerprint density at radius 2 is 1.87 bits per heavy atom. The number of rotatable bonds is 2. The number of carboxylic acids is 1. The van der Waals surface area contributed by atoms with E-state index < -0.39 is 30.2 Å². The lowest BCUT2D eigenvalue weighted by molar-refractivity contribution is 0.0694. The Labute approximate surface area is 83.9 Å². The molecule has 8 heteroatoms. The molecule has 0 unspecified atom stereocenters. The largest absolute Gasteiger partial charge is 0.505 e. The van der Waals surface area contributed by atoms with E-state index in [0.717, 1.165) is 12.1 Å². The number of hydrogen-bond acceptors (Lipinski definition) is 4. The summed E-state index contributed by atoms with van der Waals surface area (Å²) in [7, 11) is -4.75. The maximum Gasteiger partial charge on any atom is 0.357 e. The lowest BCUT2D eigenvalue weighted by Gasteiger charge is -2.10. The minimum atomic E-state index is -4.75. The van der Waals surface area contributed by atoms with Gasteiger partial charge >= 0.3 is 13.6 Å². The van der Waals surface area contributed by atoms with Gasteiger partial charge in [0.05, 0.1) is 11.0 Å². The maximum atomic E-state index is 10.9. The third kappa shape index (κ3) is 2.10. The van der Waals surface area contributed by atoms with Crippen molar-refractivity contribution in [2.45, 2.75) is 0 Å². The summed E-state index contributed by atoms with van der Waals surface area (Å²) in [5.41, 5.74) is 4.07. The smallest absolute Gasteiger partial charge is 0.357 e. The fraction of sp³-hybridized carbons (Fsp3) is 0. The minimum absolute atomic E-state index is 0.260. The molecule has 0 fully saturated rings. The van der Waals surface area contributed by atoms with Crippen molar-refractivity contribution in [2.24, 2.45) is 0 Å². The third-order valence-corrected chi connectivity index (χ3v) is 2.72. The van der Waals surface area contributed by atoms with Crippen LogP contribution in [0, 0.1) is 0 Å². The normalized spacial score (nSPS) is 11.3. The van der Waals surface area contributed by atoms with Crippen molar-refractivity contribution in [3.8, 4) is 5.75 Å². The van der Waals surface area contributed by atoms with Crippen LogP contribution in [0.2, 0.25) is 0 Å². The van der Waals surface area contributed by atoms with Crippen LogP contribution in [0.15, 0.2) is 12.1 Å². The van der Waals surface area contributed by atoms with Gasteiger partial charge in [-0.3, -0.25) is 4.57 Å². The molecule has 7 nitrogen and oxygen atoms in total. The van der Waals surface area contributed by atoms with Crippen LogP contribution in [0.5, 0.6) is 5.75 Å². The summed E-state index contributed by atoms with van der Waals surface area (Å²) in [6, 6.07) is 1.90. The van der Waals surface area contributed by atoms with Crippen molar-refractivity contribution < 1.29 is 29.4 Å². The van der Waals surface area contributed by atoms with E-state index in [0.29, 0.717) is 0 Å². The third-order valence-electron chi connectivity index (χ3n) is 1.71. The molecule has 6 N–H and O–H groups in total. The molecule has 0 saturated carbocycles. The van der Waals surface area contributed by atoms with Crippen LogP contribution in [-0.4, -0.2) is 26.0 Å². The molecule has 0 spiro atoms. The number of phenols is 1. The van der Waals surface area contributed by atoms with E-state index in [1.165, 1.54) is 0 Å². The summed E-state index contributed by atoms with van der Waals surface area (Å²) in [6.07, 6.45) is 0. The molecule has 0 heterocycles. The van der Waals surface area contributed by atoms with Crippen LogP contribution < -0.4 is 11.0 Å². The lowest BCUT2D eigenvalue weighted by Crippen LogP contribution is -2.16. The molecule has 0 aliphatic rings. The van der Waals surface area contributed by atoms with E-state index in [2.05, 4.69) is 0 Å². The summed E-state index contributed by atoms with van der Waals surface area (Å²) in [5.74, 6) is -2.50. The number of nitrogens with two attached hydrogens (primary N) is 1. The molecule has 0 bridgehead atoms. The van der Waals surface area contributed by atoms with Crippen LogP contribution in [0.25, 0.3) is 0 Å². The fourth-order valence-electron chi connectivity index (χ4n) is 1.05. The van der Waals surface area contributed by atoms with E-state index in [9.17, 15) is 14.5 Å². The Hall–Kier alpha value is -1.56. The summed E-state index contributed by atoms with van der Waals surface area (Å²) < 4.78 is 10.9. The van der Waals surface area contributed by atoms with E-state index in [1.807, 2.05) is 0 Å². The van der Waals surface area contributed by atoms with Crippen LogP contribution in [0.4, 0.5) is 5.69 Å². The molecule has 0 radical (unpaired) electrons. The topological polar surface area (TPSA) is 141 Å². The second-order valence-corrected chi connectivity index (χ2v) is 4.32. The number of aromatic hydroxyl groups is 1. The summed E-state index contributed by atoms with van der Waals surface area (Å²) >= 11 is 0. The Bertz CT molecular complexity index is 465. The molecule has 0 aromatic heterocycles. The fourth-order valence-corrected chi connectivity index (χ4v) is 1.81. The molecule has 0 saturated heterocycles. The Morgan fingerprint density at radius 3 is 2.27 bits per heavy atom. The van der Waals surface area contributed by atoms with Gasteiger partial charge in [0.2, 0.25) is 0 Å². The van der Waals surface area contributed by atoms with Crippen molar-refractivity contribution in [3.05, 3.63) is 17.7 Å². The zero-order valence-electron chi connectivity index (χ0n) is 7.28. The van der Waals surface area contributed by atoms with Gasteiger partial charge in [-0.05, 0) is 12.1 Å². The molecule has 1 aromatic rings. The van der Waals surface area contributed by atoms with Gasteiger partial charge in [-0.15, -0.1) is 0 Å². The summed E-state index contributed by atoms with van der Waals surface area (Å²) in [4.78, 5) is 28.3. The molecular weight excluding hydrogens is 225 g/mol. The highest BCUT2D eigenvalue weighted by Crippen LogP contribution is 2.38. The highest BCUT2D eigenvalue weighted by molar-refractivity contribution is 7.60. The number of carbonyl (C=O) groups is 1. The van der Waals surface area contributed by atoms with Gasteiger partial charge in [-0.2, -0.15) is 0 Å². The number of aromatic carboxylic acids is 1. The Morgan fingerprint density at radius 1 is 1.33 bits per heavy atom. The number of anilines is 1. The summed E-state index contributed by atoms with van der Waals surface area (Å²) in [5, 5.41) is 17.2. The molecule has 0 aliphatic heterocycles. The van der Waals surface area contributed by atoms with E-state index in [1.54, 1.807) is 0 Å². The second-order valence-electron chi connectivity index (χ2n) is 2.75. The number of benzene rings is 1. The first-order chi connectivity index (χ1) is 6.75. The first-order valence-corrected chi connectivity index (χ1v) is 5.27. The quantitative estimate of drug-likeness (QED) is 0.262. The van der Waals surface area contributed by atoms with Crippen molar-refractivity contribution in [2.75, 3.05) is 5.73 Å². The highest BCUT2D eigenvalue weighted by Gasteiger charge is 2.28. The monoisotopic (exact) mass is 233 g/mol. The van der Waals surface area contributed by atoms with Crippen molar-refractivity contribution in [1.29, 1.82) is 0 Å². The molecule has 15 heavy (non-hydrogen) atoms. The minimum Gasteiger partial charge on any atom is -0.505 e. The Kier molecular flexibility index (Phi) is 2.72. The molecule has 82 valence electrons. The molecule has 0 amide bonds. The van der Waals surface area contributed by atoms with Crippen LogP contribution in [0.1, 0.15) is 10.4 Å². The lowest BCUT2D eigenvalue weighted by atomic mass is 10.2. The first kappa shape index (κ1) is 11.5. The van der Waals surface area contributed by atoms with Gasteiger partial charge in [-0.25, -0.2) is 4.79 Å². The average molecular weight is 233 g/mol. The zero-order chi connectivity index (χ0) is 11.8. The maximum absolute atomic E-state index is 10.9. The number of carboxylic acid groups (broad SMARTS) is 1. The van der Waals surface area contributed by atoms with Gasteiger partial charge in [0.15, 0.2) is 5.75 Å². The van der Waals surface area contributed by atoms with Crippen molar-refractivity contribution in [3.63, 3.8) is 0 Å². The molecule has 0 aliphatic carbocycles. The van der Waals surface area contributed by atoms with Gasteiger partial charge < -0.3 is 25.7 Å². The molecule has 1 aromatic carbocycles. The van der Waals surface area contributed by atoms with Crippen LogP contribution in [0.3, 0.4) is 0 Å². The molecule has 1 rings (SSSR count).